The fourth-order valence-electron chi connectivity index (χ4n) is 6.04. The van der Waals surface area contributed by atoms with Gasteiger partial charge in [0.05, 0.1) is 27.7 Å². The number of carbonyl (C=O) groups excluding carboxylic acids is 2. The zero-order chi connectivity index (χ0) is 41.4. The van der Waals surface area contributed by atoms with Crippen molar-refractivity contribution in [3.8, 4) is 0 Å². The monoisotopic (exact) mass is 813 g/mol. The second kappa shape index (κ2) is 38.7. The second-order valence-corrected chi connectivity index (χ2v) is 17.9. The summed E-state index contributed by atoms with van der Waals surface area (Å²) in [4.78, 5) is 35.4. The minimum atomic E-state index is -4.38. The molecule has 0 radical (unpaired) electrons. The Kier molecular flexibility index (Phi) is 37.5. The Hall–Kier alpha value is -1.77. The molecule has 1 unspecified atom stereocenters. The fraction of sp³-hybridized carbons (Fsp3) is 0.826. The third-order valence-electron chi connectivity index (χ3n) is 9.64. The van der Waals surface area contributed by atoms with Crippen molar-refractivity contribution in [1.82, 2.24) is 0 Å². The number of nitrogens with zero attached hydrogens (tertiary/aromatic N) is 1. The summed E-state index contributed by atoms with van der Waals surface area (Å²) < 4.78 is 34.3. The van der Waals surface area contributed by atoms with Gasteiger partial charge < -0.3 is 18.9 Å². The summed E-state index contributed by atoms with van der Waals surface area (Å²) in [7, 11) is 1.46. The fourth-order valence-corrected chi connectivity index (χ4v) is 6.78. The molecule has 328 valence electrons. The summed E-state index contributed by atoms with van der Waals surface area (Å²) in [5.74, 6) is -0.820. The number of carbonyl (C=O) groups is 2. The molecule has 0 spiro atoms. The van der Waals surface area contributed by atoms with Crippen LogP contribution in [0.1, 0.15) is 194 Å². The van der Waals surface area contributed by atoms with Crippen molar-refractivity contribution in [2.24, 2.45) is 0 Å². The maximum atomic E-state index is 12.7. The van der Waals surface area contributed by atoms with Crippen molar-refractivity contribution in [1.29, 1.82) is 0 Å². The summed E-state index contributed by atoms with van der Waals surface area (Å²) in [5.41, 5.74) is 0. The highest BCUT2D eigenvalue weighted by molar-refractivity contribution is 7.47. The van der Waals surface area contributed by atoms with E-state index in [-0.39, 0.29) is 32.0 Å². The lowest BCUT2D eigenvalue weighted by molar-refractivity contribution is -0.870. The zero-order valence-corrected chi connectivity index (χ0v) is 37.8. The molecule has 0 aromatic rings. The maximum Gasteiger partial charge on any atom is 0.472 e. The van der Waals surface area contributed by atoms with Crippen molar-refractivity contribution in [2.75, 3.05) is 47.5 Å². The van der Waals surface area contributed by atoms with Gasteiger partial charge in [-0.15, -0.1) is 0 Å². The average molecular weight is 813 g/mol. The SMILES string of the molecule is CCCCC/C=C/C/C=C/CCCCCCCCCCCC(=O)OC[C@@H](COP(=O)(O)OCC[N+](C)(C)C)OC(=O)CCCCC/C=C/CCCCCCCC. The van der Waals surface area contributed by atoms with Crippen LogP contribution in [0.15, 0.2) is 36.5 Å². The number of esters is 2. The predicted molar refractivity (Wildman–Crippen MR) is 234 cm³/mol. The van der Waals surface area contributed by atoms with Crippen molar-refractivity contribution in [3.05, 3.63) is 36.5 Å². The number of unbranched alkanes of at least 4 members (excludes halogenated alkanes) is 21. The zero-order valence-electron chi connectivity index (χ0n) is 36.9. The minimum Gasteiger partial charge on any atom is -0.462 e. The molecular weight excluding hydrogens is 725 g/mol. The molecule has 0 aliphatic heterocycles. The molecule has 0 fully saturated rings. The summed E-state index contributed by atoms with van der Waals surface area (Å²) in [6, 6.07) is 0. The van der Waals surface area contributed by atoms with Gasteiger partial charge in [-0.25, -0.2) is 4.57 Å². The first kappa shape index (κ1) is 54.2. The van der Waals surface area contributed by atoms with Crippen LogP contribution in [-0.4, -0.2) is 74.9 Å². The van der Waals surface area contributed by atoms with E-state index in [1.807, 2.05) is 21.1 Å². The van der Waals surface area contributed by atoms with Gasteiger partial charge in [-0.1, -0.05) is 147 Å². The van der Waals surface area contributed by atoms with Crippen LogP contribution in [0.25, 0.3) is 0 Å². The Labute approximate surface area is 344 Å². The lowest BCUT2D eigenvalue weighted by Crippen LogP contribution is -2.37. The molecule has 0 aliphatic rings. The van der Waals surface area contributed by atoms with E-state index in [9.17, 15) is 19.0 Å². The van der Waals surface area contributed by atoms with Crippen LogP contribution >= 0.6 is 7.82 Å². The number of ether oxygens (including phenoxy) is 2. The van der Waals surface area contributed by atoms with E-state index in [4.69, 9.17) is 18.5 Å². The summed E-state index contributed by atoms with van der Waals surface area (Å²) in [6.07, 6.45) is 43.3. The first-order chi connectivity index (χ1) is 27.0. The van der Waals surface area contributed by atoms with Gasteiger partial charge in [0.25, 0.3) is 0 Å². The summed E-state index contributed by atoms with van der Waals surface area (Å²) >= 11 is 0. The molecule has 0 saturated heterocycles. The van der Waals surface area contributed by atoms with Crippen molar-refractivity contribution in [2.45, 2.75) is 200 Å². The molecule has 9 nitrogen and oxygen atoms in total. The number of quaternary nitrogens is 1. The number of allylic oxidation sites excluding steroid dienone is 6. The molecule has 56 heavy (non-hydrogen) atoms. The quantitative estimate of drug-likeness (QED) is 0.0214. The molecule has 0 bridgehead atoms. The molecular formula is C46H87NO8P+. The van der Waals surface area contributed by atoms with Gasteiger partial charge >= 0.3 is 19.8 Å². The smallest absolute Gasteiger partial charge is 0.462 e. The predicted octanol–water partition coefficient (Wildman–Crippen LogP) is 12.9. The van der Waals surface area contributed by atoms with Gasteiger partial charge in [0.1, 0.15) is 19.8 Å². The molecule has 0 saturated carbocycles. The number of likely N-dealkylation sites (N-methyl/N-ethyl adjacent to an activating group) is 1. The van der Waals surface area contributed by atoms with Crippen molar-refractivity contribution < 1.29 is 42.1 Å². The molecule has 0 aromatic heterocycles. The standard InChI is InChI=1S/C46H86NO8P/c1-6-8-10-12-14-16-18-20-21-22-23-24-25-27-28-30-32-34-36-38-45(48)52-42-44(43-54-56(50,51)53-41-40-47(3,4)5)55-46(49)39-37-35-33-31-29-26-19-17-15-13-11-9-7-2/h14,16,20-21,26,29,44H,6-13,15,17-19,22-25,27-28,30-43H2,1-5H3/p+1/b16-14+,21-20+,29-26+/t44-/m0/s1. The van der Waals surface area contributed by atoms with E-state index in [1.54, 1.807) is 0 Å². The molecule has 0 rings (SSSR count). The Bertz CT molecular complexity index is 1050. The normalized spacial score (nSPS) is 13.9. The van der Waals surface area contributed by atoms with E-state index in [0.717, 1.165) is 51.4 Å². The molecule has 2 atom stereocenters. The van der Waals surface area contributed by atoms with Crippen LogP contribution in [0.5, 0.6) is 0 Å². The first-order valence-electron chi connectivity index (χ1n) is 22.7. The molecule has 0 heterocycles. The van der Waals surface area contributed by atoms with E-state index < -0.39 is 26.5 Å². The number of hydrogen-bond donors (Lipinski definition) is 1. The van der Waals surface area contributed by atoms with Crippen LogP contribution in [0.4, 0.5) is 0 Å². The number of hydrogen-bond acceptors (Lipinski definition) is 7. The third kappa shape index (κ3) is 41.9. The topological polar surface area (TPSA) is 108 Å². The van der Waals surface area contributed by atoms with Crippen LogP contribution in [0.3, 0.4) is 0 Å². The van der Waals surface area contributed by atoms with Gasteiger partial charge in [0.15, 0.2) is 6.10 Å². The molecule has 1 N–H and O–H groups in total. The van der Waals surface area contributed by atoms with Gasteiger partial charge in [-0.3, -0.25) is 18.6 Å². The van der Waals surface area contributed by atoms with Crippen molar-refractivity contribution >= 4 is 19.8 Å². The van der Waals surface area contributed by atoms with Crippen LogP contribution in [0.2, 0.25) is 0 Å². The first-order valence-corrected chi connectivity index (χ1v) is 24.2. The Morgan fingerprint density at radius 1 is 0.554 bits per heavy atom. The van der Waals surface area contributed by atoms with Gasteiger partial charge in [0, 0.05) is 12.8 Å². The lowest BCUT2D eigenvalue weighted by atomic mass is 10.1. The van der Waals surface area contributed by atoms with Crippen LogP contribution < -0.4 is 0 Å². The third-order valence-corrected chi connectivity index (χ3v) is 10.6. The minimum absolute atomic E-state index is 0.0283. The number of phosphoric ester groups is 1. The van der Waals surface area contributed by atoms with E-state index in [0.29, 0.717) is 17.4 Å². The van der Waals surface area contributed by atoms with Crippen LogP contribution in [-0.2, 0) is 32.7 Å². The van der Waals surface area contributed by atoms with Gasteiger partial charge in [-0.05, 0) is 70.6 Å². The lowest BCUT2D eigenvalue weighted by Gasteiger charge is -2.24. The number of rotatable bonds is 41. The van der Waals surface area contributed by atoms with Gasteiger partial charge in [-0.2, -0.15) is 0 Å². The summed E-state index contributed by atoms with van der Waals surface area (Å²) in [6.45, 7) is 4.37. The Morgan fingerprint density at radius 2 is 0.964 bits per heavy atom. The van der Waals surface area contributed by atoms with Crippen LogP contribution in [0, 0.1) is 0 Å². The van der Waals surface area contributed by atoms with E-state index in [2.05, 4.69) is 50.3 Å². The van der Waals surface area contributed by atoms with Gasteiger partial charge in [0.2, 0.25) is 0 Å². The number of phosphoric acid groups is 1. The molecule has 0 aromatic carbocycles. The Balaban J connectivity index is 4.32. The molecule has 0 aliphatic carbocycles. The molecule has 0 amide bonds. The average Bonchev–Trinajstić information content (AvgIpc) is 3.15. The van der Waals surface area contributed by atoms with Crippen molar-refractivity contribution in [3.63, 3.8) is 0 Å². The van der Waals surface area contributed by atoms with E-state index >= 15 is 0 Å². The largest absolute Gasteiger partial charge is 0.472 e. The van der Waals surface area contributed by atoms with E-state index in [1.165, 1.54) is 109 Å². The second-order valence-electron chi connectivity index (χ2n) is 16.4. The highest BCUT2D eigenvalue weighted by Crippen LogP contribution is 2.43. The molecule has 10 heteroatoms. The maximum absolute atomic E-state index is 12.7. The highest BCUT2D eigenvalue weighted by Gasteiger charge is 2.27. The Morgan fingerprint density at radius 3 is 1.48 bits per heavy atom. The summed E-state index contributed by atoms with van der Waals surface area (Å²) in [5, 5.41) is 0. The highest BCUT2D eigenvalue weighted by atomic mass is 31.2.